The van der Waals surface area contributed by atoms with Crippen molar-refractivity contribution in [3.63, 3.8) is 0 Å². The average Bonchev–Trinajstić information content (AvgIpc) is 2.81. The van der Waals surface area contributed by atoms with Gasteiger partial charge in [0, 0.05) is 32.4 Å². The van der Waals surface area contributed by atoms with Crippen molar-refractivity contribution in [1.29, 1.82) is 0 Å². The van der Waals surface area contributed by atoms with Crippen molar-refractivity contribution < 1.29 is 14.0 Å². The highest BCUT2D eigenvalue weighted by Crippen LogP contribution is 2.40. The van der Waals surface area contributed by atoms with Gasteiger partial charge in [-0.3, -0.25) is 9.69 Å². The van der Waals surface area contributed by atoms with E-state index in [4.69, 9.17) is 0 Å². The fourth-order valence-corrected chi connectivity index (χ4v) is 4.68. The predicted molar refractivity (Wildman–Crippen MR) is 104 cm³/mol. The summed E-state index contributed by atoms with van der Waals surface area (Å²) < 4.78 is 14.1. The standard InChI is InChI=1S/C21H29FN4O2/c1-15(2)13-26-20(28)25(14-16-5-3-6-16)19(27)21(26)8-11-24(12-9-21)18-17(22)7-4-10-23-18/h4,7,10,15-16H,3,5-6,8-9,11-14H2,1-2H3. The lowest BCUT2D eigenvalue weighted by Crippen LogP contribution is -2.57. The van der Waals surface area contributed by atoms with Gasteiger partial charge in [-0.1, -0.05) is 20.3 Å². The number of aromatic nitrogens is 1. The highest BCUT2D eigenvalue weighted by molar-refractivity contribution is 6.07. The number of imide groups is 1. The van der Waals surface area contributed by atoms with Crippen LogP contribution in [0.5, 0.6) is 0 Å². The van der Waals surface area contributed by atoms with Crippen molar-refractivity contribution in [3.8, 4) is 0 Å². The summed E-state index contributed by atoms with van der Waals surface area (Å²) in [4.78, 5) is 35.9. The highest BCUT2D eigenvalue weighted by Gasteiger charge is 2.58. The van der Waals surface area contributed by atoms with Gasteiger partial charge in [-0.2, -0.15) is 0 Å². The number of halogens is 1. The summed E-state index contributed by atoms with van der Waals surface area (Å²) >= 11 is 0. The maximum Gasteiger partial charge on any atom is 0.327 e. The first-order valence-electron chi connectivity index (χ1n) is 10.4. The van der Waals surface area contributed by atoms with Crippen molar-refractivity contribution in [2.45, 2.75) is 51.5 Å². The third-order valence-electron chi connectivity index (χ3n) is 6.46. The Morgan fingerprint density at radius 1 is 1.25 bits per heavy atom. The van der Waals surface area contributed by atoms with Gasteiger partial charge in [-0.25, -0.2) is 14.2 Å². The number of hydrogen-bond acceptors (Lipinski definition) is 4. The van der Waals surface area contributed by atoms with Crippen LogP contribution >= 0.6 is 0 Å². The van der Waals surface area contributed by atoms with Crippen molar-refractivity contribution in [2.75, 3.05) is 31.1 Å². The maximum atomic E-state index is 14.1. The summed E-state index contributed by atoms with van der Waals surface area (Å²) in [6.45, 7) is 6.28. The number of pyridine rings is 1. The number of amides is 3. The Labute approximate surface area is 165 Å². The number of urea groups is 1. The molecular formula is C21H29FN4O2. The topological polar surface area (TPSA) is 56.8 Å². The first-order chi connectivity index (χ1) is 13.4. The van der Waals surface area contributed by atoms with Gasteiger partial charge in [0.25, 0.3) is 5.91 Å². The fourth-order valence-electron chi connectivity index (χ4n) is 4.68. The molecule has 0 aromatic carbocycles. The van der Waals surface area contributed by atoms with Gasteiger partial charge in [-0.15, -0.1) is 0 Å². The van der Waals surface area contributed by atoms with E-state index >= 15 is 0 Å². The molecule has 152 valence electrons. The molecule has 0 radical (unpaired) electrons. The largest absolute Gasteiger partial charge is 0.354 e. The van der Waals surface area contributed by atoms with Crippen LogP contribution < -0.4 is 4.90 Å². The predicted octanol–water partition coefficient (Wildman–Crippen LogP) is 3.28. The lowest BCUT2D eigenvalue weighted by molar-refractivity contribution is -0.135. The molecular weight excluding hydrogens is 359 g/mol. The second-order valence-electron chi connectivity index (χ2n) is 8.83. The minimum atomic E-state index is -0.785. The van der Waals surface area contributed by atoms with E-state index in [9.17, 15) is 14.0 Å². The molecule has 1 spiro atoms. The molecule has 7 heteroatoms. The zero-order valence-electron chi connectivity index (χ0n) is 16.7. The molecule has 2 saturated heterocycles. The van der Waals surface area contributed by atoms with E-state index < -0.39 is 5.54 Å². The van der Waals surface area contributed by atoms with Crippen LogP contribution in [0.4, 0.5) is 15.0 Å². The molecule has 3 fully saturated rings. The molecule has 0 bridgehead atoms. The first-order valence-corrected chi connectivity index (χ1v) is 10.4. The Kier molecular flexibility index (Phi) is 5.02. The lowest BCUT2D eigenvalue weighted by Gasteiger charge is -2.43. The zero-order valence-corrected chi connectivity index (χ0v) is 16.7. The summed E-state index contributed by atoms with van der Waals surface area (Å²) in [5.41, 5.74) is -0.785. The summed E-state index contributed by atoms with van der Waals surface area (Å²) in [5.74, 6) is 0.662. The molecule has 1 aromatic heterocycles. The number of carbonyl (C=O) groups is 2. The van der Waals surface area contributed by atoms with Crippen LogP contribution in [0.2, 0.25) is 0 Å². The van der Waals surface area contributed by atoms with Gasteiger partial charge >= 0.3 is 6.03 Å². The van der Waals surface area contributed by atoms with Crippen LogP contribution in [0.25, 0.3) is 0 Å². The van der Waals surface area contributed by atoms with Gasteiger partial charge in [0.15, 0.2) is 11.6 Å². The molecule has 4 rings (SSSR count). The third-order valence-corrected chi connectivity index (χ3v) is 6.46. The number of carbonyl (C=O) groups excluding carboxylic acids is 2. The molecule has 3 amide bonds. The lowest BCUT2D eigenvalue weighted by atomic mass is 9.83. The quantitative estimate of drug-likeness (QED) is 0.727. The van der Waals surface area contributed by atoms with Crippen LogP contribution in [0.3, 0.4) is 0 Å². The van der Waals surface area contributed by atoms with Crippen LogP contribution in [0, 0.1) is 17.7 Å². The minimum absolute atomic E-state index is 0.0498. The Morgan fingerprint density at radius 3 is 2.54 bits per heavy atom. The minimum Gasteiger partial charge on any atom is -0.354 e. The summed E-state index contributed by atoms with van der Waals surface area (Å²) in [5, 5.41) is 0. The normalized spacial score (nSPS) is 22.5. The molecule has 0 N–H and O–H groups in total. The van der Waals surface area contributed by atoms with Crippen molar-refractivity contribution >= 4 is 17.8 Å². The molecule has 2 aliphatic heterocycles. The van der Waals surface area contributed by atoms with Crippen LogP contribution in [0.15, 0.2) is 18.3 Å². The van der Waals surface area contributed by atoms with Gasteiger partial charge in [-0.05, 0) is 49.7 Å². The van der Waals surface area contributed by atoms with E-state index in [2.05, 4.69) is 18.8 Å². The Morgan fingerprint density at radius 2 is 1.96 bits per heavy atom. The summed E-state index contributed by atoms with van der Waals surface area (Å²) in [6.07, 6.45) is 6.00. The van der Waals surface area contributed by atoms with Gasteiger partial charge in [0.1, 0.15) is 5.54 Å². The monoisotopic (exact) mass is 388 g/mol. The molecule has 6 nitrogen and oxygen atoms in total. The maximum absolute atomic E-state index is 14.1. The van der Waals surface area contributed by atoms with Gasteiger partial charge in [0.05, 0.1) is 0 Å². The Hall–Kier alpha value is -2.18. The summed E-state index contributed by atoms with van der Waals surface area (Å²) in [6, 6.07) is 2.84. The Bertz CT molecular complexity index is 757. The van der Waals surface area contributed by atoms with E-state index in [1.54, 1.807) is 12.3 Å². The van der Waals surface area contributed by atoms with Crippen molar-refractivity contribution in [2.24, 2.45) is 11.8 Å². The zero-order chi connectivity index (χ0) is 19.9. The van der Waals surface area contributed by atoms with Gasteiger partial charge < -0.3 is 9.80 Å². The van der Waals surface area contributed by atoms with E-state index in [1.165, 1.54) is 17.4 Å². The van der Waals surface area contributed by atoms with Gasteiger partial charge in [0.2, 0.25) is 0 Å². The number of nitrogens with zero attached hydrogens (tertiary/aromatic N) is 4. The first kappa shape index (κ1) is 19.2. The SMILES string of the molecule is CC(C)CN1C(=O)N(CC2CCC2)C(=O)C12CCN(c1ncccc1F)CC2. The molecule has 0 atom stereocenters. The van der Waals surface area contributed by atoms with E-state index in [0.717, 1.165) is 12.8 Å². The van der Waals surface area contributed by atoms with Crippen molar-refractivity contribution in [3.05, 3.63) is 24.1 Å². The van der Waals surface area contributed by atoms with E-state index in [0.29, 0.717) is 50.8 Å². The fraction of sp³-hybridized carbons (Fsp3) is 0.667. The molecule has 3 heterocycles. The number of hydrogen-bond donors (Lipinski definition) is 0. The summed E-state index contributed by atoms with van der Waals surface area (Å²) in [7, 11) is 0. The average molecular weight is 388 g/mol. The second-order valence-corrected chi connectivity index (χ2v) is 8.83. The van der Waals surface area contributed by atoms with Crippen molar-refractivity contribution in [1.82, 2.24) is 14.8 Å². The second kappa shape index (κ2) is 7.33. The number of piperidine rings is 1. The van der Waals surface area contributed by atoms with E-state index in [-0.39, 0.29) is 23.7 Å². The Balaban J connectivity index is 1.56. The third kappa shape index (κ3) is 3.14. The van der Waals surface area contributed by atoms with Crippen LogP contribution in [0.1, 0.15) is 46.0 Å². The van der Waals surface area contributed by atoms with Crippen LogP contribution in [-0.2, 0) is 4.79 Å². The molecule has 1 saturated carbocycles. The highest BCUT2D eigenvalue weighted by atomic mass is 19.1. The smallest absolute Gasteiger partial charge is 0.327 e. The molecule has 3 aliphatic rings. The number of anilines is 1. The molecule has 0 unspecified atom stereocenters. The van der Waals surface area contributed by atoms with Crippen LogP contribution in [-0.4, -0.2) is 58.4 Å². The molecule has 1 aliphatic carbocycles. The molecule has 1 aromatic rings. The van der Waals surface area contributed by atoms with E-state index in [1.807, 2.05) is 9.80 Å². The molecule has 28 heavy (non-hydrogen) atoms. The number of rotatable bonds is 5.